The molecule has 0 aliphatic heterocycles. The van der Waals surface area contributed by atoms with Crippen LogP contribution in [0.4, 0.5) is 0 Å². The van der Waals surface area contributed by atoms with E-state index in [9.17, 15) is 9.59 Å². The third-order valence-electron chi connectivity index (χ3n) is 1.97. The molecule has 6 nitrogen and oxygen atoms in total. The van der Waals surface area contributed by atoms with Crippen molar-refractivity contribution >= 4 is 23.2 Å². The molecule has 1 aromatic rings. The smallest absolute Gasteiger partial charge is 0.326 e. The summed E-state index contributed by atoms with van der Waals surface area (Å²) in [5.41, 5.74) is 2.09. The van der Waals surface area contributed by atoms with Gasteiger partial charge in [-0.3, -0.25) is 4.79 Å². The minimum Gasteiger partial charge on any atom is -0.480 e. The van der Waals surface area contributed by atoms with E-state index in [1.807, 2.05) is 0 Å². The van der Waals surface area contributed by atoms with Crippen LogP contribution in [0.3, 0.4) is 0 Å². The molecule has 16 heavy (non-hydrogen) atoms. The predicted molar refractivity (Wildman–Crippen MR) is 57.4 cm³/mol. The van der Waals surface area contributed by atoms with E-state index in [-0.39, 0.29) is 13.0 Å². The van der Waals surface area contributed by atoms with Crippen LogP contribution in [0.1, 0.15) is 21.8 Å². The highest BCUT2D eigenvalue weighted by Gasteiger charge is 2.21. The first-order valence-electron chi connectivity index (χ1n) is 4.61. The molecule has 1 rings (SSSR count). The first-order valence-corrected chi connectivity index (χ1v) is 5.48. The number of hydrogen-bond donors (Lipinski definition) is 3. The van der Waals surface area contributed by atoms with E-state index in [1.54, 1.807) is 6.92 Å². The van der Waals surface area contributed by atoms with Crippen molar-refractivity contribution in [2.45, 2.75) is 19.4 Å². The summed E-state index contributed by atoms with van der Waals surface area (Å²) in [5.74, 6) is -1.63. The van der Waals surface area contributed by atoms with Crippen LogP contribution in [0.2, 0.25) is 0 Å². The molecule has 0 saturated carbocycles. The lowest BCUT2D eigenvalue weighted by molar-refractivity contribution is -0.139. The van der Waals surface area contributed by atoms with Crippen molar-refractivity contribution in [1.82, 2.24) is 10.3 Å². The number of nitrogens with one attached hydrogen (secondary N) is 1. The van der Waals surface area contributed by atoms with Gasteiger partial charge in [0.2, 0.25) is 0 Å². The second-order valence-corrected chi connectivity index (χ2v) is 4.00. The number of amides is 1. The fourth-order valence-electron chi connectivity index (χ4n) is 1.13. The van der Waals surface area contributed by atoms with Gasteiger partial charge in [0.1, 0.15) is 10.9 Å². The molecule has 0 bridgehead atoms. The zero-order valence-corrected chi connectivity index (χ0v) is 9.45. The van der Waals surface area contributed by atoms with E-state index in [0.717, 1.165) is 11.3 Å². The molecule has 0 radical (unpaired) electrons. The first-order chi connectivity index (χ1) is 7.56. The maximum Gasteiger partial charge on any atom is 0.326 e. The molecular formula is C9H12N2O4S. The number of carbonyl (C=O) groups is 2. The molecule has 0 unspecified atom stereocenters. The highest BCUT2D eigenvalue weighted by Crippen LogP contribution is 2.12. The third-order valence-corrected chi connectivity index (χ3v) is 2.90. The molecule has 0 aliphatic carbocycles. The number of aromatic nitrogens is 1. The van der Waals surface area contributed by atoms with E-state index in [0.29, 0.717) is 10.6 Å². The lowest BCUT2D eigenvalue weighted by atomic mass is 10.2. The molecule has 1 atom stereocenters. The predicted octanol–water partition coefficient (Wildman–Crippen LogP) is 0.0169. The van der Waals surface area contributed by atoms with Crippen molar-refractivity contribution in [2.24, 2.45) is 0 Å². The summed E-state index contributed by atoms with van der Waals surface area (Å²) in [6, 6.07) is -1.07. The van der Waals surface area contributed by atoms with E-state index in [4.69, 9.17) is 10.2 Å². The summed E-state index contributed by atoms with van der Waals surface area (Å²) < 4.78 is 0. The number of hydrogen-bond acceptors (Lipinski definition) is 5. The highest BCUT2D eigenvalue weighted by atomic mass is 32.1. The average molecular weight is 244 g/mol. The van der Waals surface area contributed by atoms with Gasteiger partial charge in [-0.2, -0.15) is 0 Å². The van der Waals surface area contributed by atoms with Crippen molar-refractivity contribution in [3.63, 3.8) is 0 Å². The van der Waals surface area contributed by atoms with Crippen LogP contribution >= 0.6 is 11.3 Å². The largest absolute Gasteiger partial charge is 0.480 e. The molecule has 0 aliphatic rings. The molecule has 0 saturated heterocycles. The Morgan fingerprint density at radius 1 is 1.62 bits per heavy atom. The van der Waals surface area contributed by atoms with Crippen molar-refractivity contribution < 1.29 is 19.8 Å². The van der Waals surface area contributed by atoms with Gasteiger partial charge < -0.3 is 15.5 Å². The van der Waals surface area contributed by atoms with E-state index >= 15 is 0 Å². The van der Waals surface area contributed by atoms with E-state index < -0.39 is 17.9 Å². The number of aryl methyl sites for hydroxylation is 1. The number of carboxylic acids is 1. The fourth-order valence-corrected chi connectivity index (χ4v) is 1.84. The van der Waals surface area contributed by atoms with Crippen molar-refractivity contribution in [3.05, 3.63) is 16.1 Å². The van der Waals surface area contributed by atoms with Crippen molar-refractivity contribution in [2.75, 3.05) is 6.61 Å². The number of carbonyl (C=O) groups excluding carboxylic acids is 1. The van der Waals surface area contributed by atoms with Gasteiger partial charge in [-0.15, -0.1) is 11.3 Å². The summed E-state index contributed by atoms with van der Waals surface area (Å²) in [7, 11) is 0. The second-order valence-electron chi connectivity index (χ2n) is 3.14. The summed E-state index contributed by atoms with van der Waals surface area (Å²) in [6.45, 7) is 1.38. The molecule has 88 valence electrons. The van der Waals surface area contributed by atoms with Crippen LogP contribution in [-0.4, -0.2) is 39.7 Å². The standard InChI is InChI=1S/C9H12N2O4S/c1-5-7(16-4-10-5)8(13)11-6(2-3-12)9(14)15/h4,6,12H,2-3H2,1H3,(H,11,13)(H,14,15)/t6-/m1/s1. The molecule has 1 aromatic heterocycles. The Morgan fingerprint density at radius 2 is 2.31 bits per heavy atom. The Morgan fingerprint density at radius 3 is 2.75 bits per heavy atom. The average Bonchev–Trinajstić information content (AvgIpc) is 2.63. The minimum absolute atomic E-state index is 0.0150. The molecule has 7 heteroatoms. The number of aliphatic hydroxyl groups excluding tert-OH is 1. The highest BCUT2D eigenvalue weighted by molar-refractivity contribution is 7.11. The van der Waals surface area contributed by atoms with E-state index in [1.165, 1.54) is 5.51 Å². The Kier molecular flexibility index (Phi) is 4.39. The summed E-state index contributed by atoms with van der Waals surface area (Å²) in [5, 5.41) is 19.8. The number of carboxylic acid groups (broad SMARTS) is 1. The molecule has 1 amide bonds. The summed E-state index contributed by atoms with van der Waals surface area (Å²) >= 11 is 1.15. The second kappa shape index (κ2) is 5.57. The molecule has 0 spiro atoms. The van der Waals surface area contributed by atoms with Crippen molar-refractivity contribution in [1.29, 1.82) is 0 Å². The molecule has 0 fully saturated rings. The molecule has 1 heterocycles. The fraction of sp³-hybridized carbons (Fsp3) is 0.444. The Labute approximate surface area is 95.9 Å². The summed E-state index contributed by atoms with van der Waals surface area (Å²) in [4.78, 5) is 26.7. The summed E-state index contributed by atoms with van der Waals surface area (Å²) in [6.07, 6.45) is -0.0150. The van der Waals surface area contributed by atoms with Gasteiger partial charge in [0.25, 0.3) is 5.91 Å². The monoisotopic (exact) mass is 244 g/mol. The van der Waals surface area contributed by atoms with Crippen LogP contribution < -0.4 is 5.32 Å². The van der Waals surface area contributed by atoms with Crippen LogP contribution in [0.15, 0.2) is 5.51 Å². The van der Waals surface area contributed by atoms with Crippen LogP contribution in [0, 0.1) is 6.92 Å². The maximum absolute atomic E-state index is 11.6. The van der Waals surface area contributed by atoms with Gasteiger partial charge in [0.05, 0.1) is 11.2 Å². The van der Waals surface area contributed by atoms with Crippen molar-refractivity contribution in [3.8, 4) is 0 Å². The van der Waals surface area contributed by atoms with Gasteiger partial charge in [0, 0.05) is 13.0 Å². The Balaban J connectivity index is 2.69. The van der Waals surface area contributed by atoms with Gasteiger partial charge in [-0.05, 0) is 6.92 Å². The zero-order valence-electron chi connectivity index (χ0n) is 8.64. The Hall–Kier alpha value is -1.47. The number of rotatable bonds is 5. The maximum atomic E-state index is 11.6. The SMILES string of the molecule is Cc1ncsc1C(=O)N[C@H](CCO)C(=O)O. The van der Waals surface area contributed by atoms with Gasteiger partial charge in [0.15, 0.2) is 0 Å². The lowest BCUT2D eigenvalue weighted by Gasteiger charge is -2.12. The normalized spacial score (nSPS) is 12.1. The number of aliphatic hydroxyl groups is 1. The van der Waals surface area contributed by atoms with Crippen LogP contribution in [-0.2, 0) is 4.79 Å². The molecule has 0 aromatic carbocycles. The Bertz CT molecular complexity index is 391. The third kappa shape index (κ3) is 3.01. The van der Waals surface area contributed by atoms with Gasteiger partial charge in [-0.25, -0.2) is 9.78 Å². The first kappa shape index (κ1) is 12.6. The zero-order chi connectivity index (χ0) is 12.1. The molecule has 3 N–H and O–H groups in total. The van der Waals surface area contributed by atoms with E-state index in [2.05, 4.69) is 10.3 Å². The van der Waals surface area contributed by atoms with Crippen LogP contribution in [0.25, 0.3) is 0 Å². The lowest BCUT2D eigenvalue weighted by Crippen LogP contribution is -2.41. The topological polar surface area (TPSA) is 99.5 Å². The number of thiazole rings is 1. The minimum atomic E-state index is -1.16. The van der Waals surface area contributed by atoms with Gasteiger partial charge >= 0.3 is 5.97 Å². The van der Waals surface area contributed by atoms with Gasteiger partial charge in [-0.1, -0.05) is 0 Å². The number of aliphatic carboxylic acids is 1. The quantitative estimate of drug-likeness (QED) is 0.678. The molecular weight excluding hydrogens is 232 g/mol. The number of nitrogens with zero attached hydrogens (tertiary/aromatic N) is 1. The van der Waals surface area contributed by atoms with Crippen LogP contribution in [0.5, 0.6) is 0 Å².